The Labute approximate surface area is 208 Å². The van der Waals surface area contributed by atoms with E-state index in [0.29, 0.717) is 16.7 Å². The number of amides is 1. The van der Waals surface area contributed by atoms with Crippen LogP contribution in [0.25, 0.3) is 10.2 Å². The fourth-order valence-corrected chi connectivity index (χ4v) is 6.12. The molecule has 0 radical (unpaired) electrons. The first-order valence-corrected chi connectivity index (χ1v) is 13.8. The van der Waals surface area contributed by atoms with Crippen LogP contribution in [0.5, 0.6) is 0 Å². The molecule has 0 unspecified atom stereocenters. The summed E-state index contributed by atoms with van der Waals surface area (Å²) in [6.07, 6.45) is 0.325. The Morgan fingerprint density at radius 3 is 2.38 bits per heavy atom. The van der Waals surface area contributed by atoms with Gasteiger partial charge in [0, 0.05) is 11.4 Å². The van der Waals surface area contributed by atoms with E-state index >= 15 is 0 Å². The standard InChI is InChI=1S/C26H25ClN2O3S2/c1-18-15-23-24(16-19(18)2)33-26(28-23)29(17-20-7-4-3-5-8-20)25(30)9-6-14-34(31,32)22-12-10-21(27)11-13-22/h3-5,7-8,10-13,15-16H,6,9,14,17H2,1-2H3. The number of halogens is 1. The molecule has 0 N–H and O–H groups in total. The van der Waals surface area contributed by atoms with Crippen LogP contribution in [0.4, 0.5) is 5.13 Å². The molecule has 5 nitrogen and oxygen atoms in total. The zero-order valence-electron chi connectivity index (χ0n) is 19.0. The minimum absolute atomic E-state index is 0.105. The van der Waals surface area contributed by atoms with Crippen LogP contribution in [0, 0.1) is 13.8 Å². The number of aromatic nitrogens is 1. The molecule has 3 aromatic carbocycles. The summed E-state index contributed by atoms with van der Waals surface area (Å²) in [5.74, 6) is -0.264. The van der Waals surface area contributed by atoms with Crippen molar-refractivity contribution in [1.29, 1.82) is 0 Å². The van der Waals surface area contributed by atoms with Crippen LogP contribution in [0.1, 0.15) is 29.5 Å². The van der Waals surface area contributed by atoms with Gasteiger partial charge < -0.3 is 0 Å². The molecule has 1 aromatic heterocycles. The molecule has 176 valence electrons. The SMILES string of the molecule is Cc1cc2nc(N(Cc3ccccc3)C(=O)CCCS(=O)(=O)c3ccc(Cl)cc3)sc2cc1C. The molecule has 0 aliphatic carbocycles. The third kappa shape index (κ3) is 5.66. The van der Waals surface area contributed by atoms with E-state index < -0.39 is 9.84 Å². The van der Waals surface area contributed by atoms with E-state index in [9.17, 15) is 13.2 Å². The fraction of sp³-hybridized carbons (Fsp3) is 0.231. The highest BCUT2D eigenvalue weighted by Gasteiger charge is 2.22. The summed E-state index contributed by atoms with van der Waals surface area (Å²) in [7, 11) is -3.49. The first kappa shape index (κ1) is 24.4. The van der Waals surface area contributed by atoms with Crippen molar-refractivity contribution in [2.75, 3.05) is 10.7 Å². The van der Waals surface area contributed by atoms with E-state index in [2.05, 4.69) is 13.0 Å². The van der Waals surface area contributed by atoms with Crippen molar-refractivity contribution in [3.63, 3.8) is 0 Å². The maximum absolute atomic E-state index is 13.3. The smallest absolute Gasteiger partial charge is 0.229 e. The Bertz CT molecular complexity index is 1380. The first-order chi connectivity index (χ1) is 16.2. The van der Waals surface area contributed by atoms with Crippen LogP contribution < -0.4 is 4.90 Å². The van der Waals surface area contributed by atoms with E-state index in [1.54, 1.807) is 17.0 Å². The average molecular weight is 513 g/mol. The maximum Gasteiger partial charge on any atom is 0.229 e. The second kappa shape index (κ2) is 10.3. The lowest BCUT2D eigenvalue weighted by molar-refractivity contribution is -0.118. The minimum atomic E-state index is -3.49. The van der Waals surface area contributed by atoms with E-state index in [0.717, 1.165) is 21.3 Å². The molecular formula is C26H25ClN2O3S2. The molecule has 1 heterocycles. The largest absolute Gasteiger partial charge is 0.284 e. The molecule has 8 heteroatoms. The fourth-order valence-electron chi connectivity index (χ4n) is 3.62. The van der Waals surface area contributed by atoms with Crippen molar-refractivity contribution in [2.45, 2.75) is 38.1 Å². The lowest BCUT2D eigenvalue weighted by atomic mass is 10.1. The molecule has 0 spiro atoms. The van der Waals surface area contributed by atoms with Gasteiger partial charge in [-0.3, -0.25) is 9.69 Å². The maximum atomic E-state index is 13.3. The molecule has 0 saturated carbocycles. The summed E-state index contributed by atoms with van der Waals surface area (Å²) in [6.45, 7) is 4.48. The van der Waals surface area contributed by atoms with Gasteiger partial charge in [-0.1, -0.05) is 53.3 Å². The van der Waals surface area contributed by atoms with Crippen LogP contribution in [0.3, 0.4) is 0 Å². The van der Waals surface area contributed by atoms with E-state index in [4.69, 9.17) is 16.6 Å². The summed E-state index contributed by atoms with van der Waals surface area (Å²) in [4.78, 5) is 19.9. The van der Waals surface area contributed by atoms with Gasteiger partial charge in [0.2, 0.25) is 5.91 Å². The van der Waals surface area contributed by atoms with Crippen LogP contribution in [0.2, 0.25) is 5.02 Å². The monoisotopic (exact) mass is 512 g/mol. The Balaban J connectivity index is 1.54. The number of hydrogen-bond acceptors (Lipinski definition) is 5. The number of carbonyl (C=O) groups excluding carboxylic acids is 1. The zero-order chi connectivity index (χ0) is 24.3. The van der Waals surface area contributed by atoms with Crippen molar-refractivity contribution in [2.24, 2.45) is 0 Å². The average Bonchev–Trinajstić information content (AvgIpc) is 3.20. The Hall–Kier alpha value is -2.74. The number of carbonyl (C=O) groups is 1. The molecule has 0 aliphatic heterocycles. The highest BCUT2D eigenvalue weighted by molar-refractivity contribution is 7.91. The number of benzene rings is 3. The molecule has 4 aromatic rings. The number of anilines is 1. The highest BCUT2D eigenvalue weighted by atomic mass is 35.5. The molecule has 0 atom stereocenters. The number of fused-ring (bicyclic) bond motifs is 1. The predicted molar refractivity (Wildman–Crippen MR) is 139 cm³/mol. The molecular weight excluding hydrogens is 488 g/mol. The van der Waals surface area contributed by atoms with Crippen molar-refractivity contribution < 1.29 is 13.2 Å². The third-order valence-corrected chi connectivity index (χ3v) is 8.79. The normalized spacial score (nSPS) is 11.6. The van der Waals surface area contributed by atoms with Crippen molar-refractivity contribution in [1.82, 2.24) is 4.98 Å². The van der Waals surface area contributed by atoms with Gasteiger partial charge in [-0.25, -0.2) is 13.4 Å². The predicted octanol–water partition coefficient (Wildman–Crippen LogP) is 6.35. The van der Waals surface area contributed by atoms with Gasteiger partial charge in [0.25, 0.3) is 0 Å². The summed E-state index contributed by atoms with van der Waals surface area (Å²) in [5, 5.41) is 1.10. The second-order valence-corrected chi connectivity index (χ2v) is 11.8. The quantitative estimate of drug-likeness (QED) is 0.276. The molecule has 4 rings (SSSR count). The van der Waals surface area contributed by atoms with Gasteiger partial charge in [0.05, 0.1) is 27.4 Å². The number of nitrogens with zero attached hydrogens (tertiary/aromatic N) is 2. The zero-order valence-corrected chi connectivity index (χ0v) is 21.4. The van der Waals surface area contributed by atoms with Crippen LogP contribution in [0.15, 0.2) is 71.6 Å². The van der Waals surface area contributed by atoms with Gasteiger partial charge in [-0.05, 0) is 73.4 Å². The van der Waals surface area contributed by atoms with Gasteiger partial charge in [0.1, 0.15) is 0 Å². The lowest BCUT2D eigenvalue weighted by Gasteiger charge is -2.20. The van der Waals surface area contributed by atoms with Crippen LogP contribution in [-0.2, 0) is 21.2 Å². The summed E-state index contributed by atoms with van der Waals surface area (Å²) in [6, 6.07) is 19.9. The molecule has 0 saturated heterocycles. The van der Waals surface area contributed by atoms with E-state index in [1.165, 1.54) is 29.0 Å². The molecule has 1 amide bonds. The lowest BCUT2D eigenvalue weighted by Crippen LogP contribution is -2.30. The molecule has 0 bridgehead atoms. The van der Waals surface area contributed by atoms with Gasteiger partial charge in [0.15, 0.2) is 15.0 Å². The van der Waals surface area contributed by atoms with Crippen LogP contribution >= 0.6 is 22.9 Å². The highest BCUT2D eigenvalue weighted by Crippen LogP contribution is 2.32. The van der Waals surface area contributed by atoms with Gasteiger partial charge in [-0.2, -0.15) is 0 Å². The minimum Gasteiger partial charge on any atom is -0.284 e. The topological polar surface area (TPSA) is 67.3 Å². The summed E-state index contributed by atoms with van der Waals surface area (Å²) >= 11 is 7.34. The van der Waals surface area contributed by atoms with E-state index in [-0.39, 0.29) is 29.4 Å². The number of aryl methyl sites for hydroxylation is 2. The Morgan fingerprint density at radius 1 is 1.00 bits per heavy atom. The summed E-state index contributed by atoms with van der Waals surface area (Å²) in [5.41, 5.74) is 4.17. The second-order valence-electron chi connectivity index (χ2n) is 8.24. The van der Waals surface area contributed by atoms with Crippen molar-refractivity contribution >= 4 is 54.0 Å². The van der Waals surface area contributed by atoms with Gasteiger partial charge in [-0.15, -0.1) is 0 Å². The van der Waals surface area contributed by atoms with Crippen molar-refractivity contribution in [3.8, 4) is 0 Å². The van der Waals surface area contributed by atoms with Gasteiger partial charge >= 0.3 is 0 Å². The first-order valence-electron chi connectivity index (χ1n) is 10.9. The molecule has 0 fully saturated rings. The number of thiazole rings is 1. The van der Waals surface area contributed by atoms with Crippen molar-refractivity contribution in [3.05, 3.63) is 88.4 Å². The molecule has 34 heavy (non-hydrogen) atoms. The van der Waals surface area contributed by atoms with Crippen LogP contribution in [-0.4, -0.2) is 25.1 Å². The van der Waals surface area contributed by atoms with E-state index in [1.807, 2.05) is 43.3 Å². The number of hydrogen-bond donors (Lipinski definition) is 0. The molecule has 0 aliphatic rings. The number of rotatable bonds is 8. The Kier molecular flexibility index (Phi) is 7.36. The third-order valence-electron chi connectivity index (χ3n) is 5.68. The Morgan fingerprint density at radius 2 is 1.68 bits per heavy atom. The summed E-state index contributed by atoms with van der Waals surface area (Å²) < 4.78 is 26.3. The number of sulfone groups is 1.